The molecule has 0 radical (unpaired) electrons. The summed E-state index contributed by atoms with van der Waals surface area (Å²) in [5.74, 6) is -0.853. The summed E-state index contributed by atoms with van der Waals surface area (Å²) >= 11 is 0. The number of allylic oxidation sites excluding steroid dienone is 4. The van der Waals surface area contributed by atoms with Gasteiger partial charge in [0.1, 0.15) is 0 Å². The van der Waals surface area contributed by atoms with Gasteiger partial charge >= 0.3 is 5.97 Å². The Balaban J connectivity index is 2.33. The van der Waals surface area contributed by atoms with E-state index in [-0.39, 0.29) is 12.5 Å². The average molecular weight is 395 g/mol. The molecule has 0 aliphatic carbocycles. The quantitative estimate of drug-likeness (QED) is 0.358. The lowest BCUT2D eigenvalue weighted by molar-refractivity contribution is -0.136. The number of carbonyl (C=O) groups is 1. The van der Waals surface area contributed by atoms with E-state index in [1.807, 2.05) is 12.2 Å². The van der Waals surface area contributed by atoms with Crippen LogP contribution in [0, 0.1) is 0 Å². The molecule has 28 heavy (non-hydrogen) atoms. The van der Waals surface area contributed by atoms with E-state index in [4.69, 9.17) is 9.84 Å². The summed E-state index contributed by atoms with van der Waals surface area (Å²) in [5.41, 5.74) is 0. The summed E-state index contributed by atoms with van der Waals surface area (Å²) in [6.45, 7) is 2.08. The minimum Gasteiger partial charge on any atom is -0.481 e. The fourth-order valence-electron chi connectivity index (χ4n) is 2.87. The van der Waals surface area contributed by atoms with Gasteiger partial charge in [0.15, 0.2) is 0 Å². The maximum atomic E-state index is 10.4. The molecule has 1 fully saturated rings. The van der Waals surface area contributed by atoms with Gasteiger partial charge < -0.3 is 25.2 Å². The number of carboxylic acids is 1. The first kappa shape index (κ1) is 24.3. The highest BCUT2D eigenvalue weighted by atomic mass is 16.5. The molecule has 0 saturated carbocycles. The lowest BCUT2D eigenvalue weighted by Gasteiger charge is -2.16. The fourth-order valence-corrected chi connectivity index (χ4v) is 2.87. The molecule has 5 atom stereocenters. The second-order valence-corrected chi connectivity index (χ2v) is 6.92. The van der Waals surface area contributed by atoms with Gasteiger partial charge in [-0.05, 0) is 32.1 Å². The van der Waals surface area contributed by atoms with Crippen molar-refractivity contribution in [3.8, 4) is 0 Å². The summed E-state index contributed by atoms with van der Waals surface area (Å²) in [5, 5.41) is 38.8. The lowest BCUT2D eigenvalue weighted by Crippen LogP contribution is -2.24. The Hall–Kier alpha value is -1.73. The molecule has 1 rings (SSSR count). The van der Waals surface area contributed by atoms with Crippen molar-refractivity contribution in [1.82, 2.24) is 0 Å². The first-order chi connectivity index (χ1) is 13.4. The highest BCUT2D eigenvalue weighted by Gasteiger charge is 2.36. The monoisotopic (exact) mass is 394 g/mol. The molecule has 1 heterocycles. The van der Waals surface area contributed by atoms with Crippen LogP contribution in [0.5, 0.6) is 0 Å². The van der Waals surface area contributed by atoms with Gasteiger partial charge in [-0.3, -0.25) is 4.79 Å². The lowest BCUT2D eigenvalue weighted by atomic mass is 10.0. The molecule has 6 nitrogen and oxygen atoms in total. The smallest absolute Gasteiger partial charge is 0.303 e. The number of ether oxygens (including phenoxy) is 1. The third-order valence-corrected chi connectivity index (χ3v) is 4.44. The third kappa shape index (κ3) is 10.6. The number of hydrogen-bond acceptors (Lipinski definition) is 5. The maximum absolute atomic E-state index is 10.4. The molecule has 158 valence electrons. The minimum absolute atomic E-state index is 0.0638. The predicted molar refractivity (Wildman–Crippen MR) is 109 cm³/mol. The average Bonchev–Trinajstić information content (AvgIpc) is 3.03. The van der Waals surface area contributed by atoms with Gasteiger partial charge in [-0.25, -0.2) is 0 Å². The van der Waals surface area contributed by atoms with E-state index in [1.54, 1.807) is 12.2 Å². The van der Waals surface area contributed by atoms with Gasteiger partial charge in [0.25, 0.3) is 0 Å². The maximum Gasteiger partial charge on any atom is 0.303 e. The topological polar surface area (TPSA) is 107 Å². The van der Waals surface area contributed by atoms with E-state index in [0.29, 0.717) is 25.7 Å². The molecule has 6 heteroatoms. The Bertz CT molecular complexity index is 551. The molecule has 0 spiro atoms. The Morgan fingerprint density at radius 2 is 1.86 bits per heavy atom. The summed E-state index contributed by atoms with van der Waals surface area (Å²) in [4.78, 5) is 10.4. The SMILES string of the molecule is CC/C=C\C/C=C\C[C@H]1O[C@@H]([C@@H](O)/C=C/[C@H](O)C/C=C\CCC(=O)O)C[C@@H]1O. The molecular weight excluding hydrogens is 360 g/mol. The van der Waals surface area contributed by atoms with Crippen molar-refractivity contribution in [2.24, 2.45) is 0 Å². The molecule has 0 aromatic rings. The van der Waals surface area contributed by atoms with Crippen molar-refractivity contribution < 1.29 is 30.0 Å². The first-order valence-corrected chi connectivity index (χ1v) is 9.98. The van der Waals surface area contributed by atoms with E-state index in [0.717, 1.165) is 12.8 Å². The number of hydrogen-bond donors (Lipinski definition) is 4. The van der Waals surface area contributed by atoms with Crippen LogP contribution in [-0.2, 0) is 9.53 Å². The summed E-state index contributed by atoms with van der Waals surface area (Å²) in [6.07, 6.45) is 15.2. The Kier molecular flexibility index (Phi) is 12.4. The van der Waals surface area contributed by atoms with Gasteiger partial charge in [0, 0.05) is 12.8 Å². The standard InChI is InChI=1S/C22H34O6/c1-2-3-4-5-6-9-12-20-19(25)16-21(28-20)18(24)15-14-17(23)11-8-7-10-13-22(26)27/h3-4,6-9,14-15,17-21,23-25H,2,5,10-13,16H2,1H3,(H,26,27)/b4-3-,8-7-,9-6-,15-14+/t17-,18+,19+,20-,21-/m1/s1. The number of aliphatic hydroxyl groups excluding tert-OH is 3. The van der Waals surface area contributed by atoms with Crippen LogP contribution >= 0.6 is 0 Å². The molecule has 0 aromatic carbocycles. The van der Waals surface area contributed by atoms with Crippen LogP contribution in [0.25, 0.3) is 0 Å². The van der Waals surface area contributed by atoms with Crippen LogP contribution in [0.3, 0.4) is 0 Å². The van der Waals surface area contributed by atoms with Crippen LogP contribution in [0.15, 0.2) is 48.6 Å². The van der Waals surface area contributed by atoms with Crippen molar-refractivity contribution in [2.75, 3.05) is 0 Å². The Labute approximate surface area is 167 Å². The van der Waals surface area contributed by atoms with Crippen molar-refractivity contribution in [1.29, 1.82) is 0 Å². The largest absolute Gasteiger partial charge is 0.481 e. The zero-order chi connectivity index (χ0) is 20.8. The zero-order valence-electron chi connectivity index (χ0n) is 16.6. The summed E-state index contributed by atoms with van der Waals surface area (Å²) in [6, 6.07) is 0. The molecule has 1 aliphatic rings. The van der Waals surface area contributed by atoms with Gasteiger partial charge in [0.2, 0.25) is 0 Å². The summed E-state index contributed by atoms with van der Waals surface area (Å²) < 4.78 is 5.76. The number of aliphatic carboxylic acids is 1. The van der Waals surface area contributed by atoms with Crippen molar-refractivity contribution in [2.45, 2.75) is 82.4 Å². The van der Waals surface area contributed by atoms with Gasteiger partial charge in [-0.2, -0.15) is 0 Å². The van der Waals surface area contributed by atoms with E-state index in [2.05, 4.69) is 19.1 Å². The molecule has 1 aliphatic heterocycles. The normalized spacial score (nSPS) is 25.5. The summed E-state index contributed by atoms with van der Waals surface area (Å²) in [7, 11) is 0. The number of aliphatic hydroxyl groups is 3. The van der Waals surface area contributed by atoms with Gasteiger partial charge in [-0.1, -0.05) is 55.5 Å². The van der Waals surface area contributed by atoms with Gasteiger partial charge in [0.05, 0.1) is 30.5 Å². The molecular formula is C22H34O6. The van der Waals surface area contributed by atoms with Crippen LogP contribution in [0.1, 0.15) is 51.9 Å². The second-order valence-electron chi connectivity index (χ2n) is 6.92. The van der Waals surface area contributed by atoms with Gasteiger partial charge in [-0.15, -0.1) is 0 Å². The zero-order valence-corrected chi connectivity index (χ0v) is 16.6. The molecule has 0 aromatic heterocycles. The van der Waals surface area contributed by atoms with Crippen LogP contribution < -0.4 is 0 Å². The second kappa shape index (κ2) is 14.3. The Morgan fingerprint density at radius 1 is 1.11 bits per heavy atom. The van der Waals surface area contributed by atoms with Crippen molar-refractivity contribution in [3.63, 3.8) is 0 Å². The van der Waals surface area contributed by atoms with Crippen molar-refractivity contribution >= 4 is 5.97 Å². The molecule has 0 bridgehead atoms. The van der Waals surface area contributed by atoms with Crippen molar-refractivity contribution in [3.05, 3.63) is 48.6 Å². The first-order valence-electron chi connectivity index (χ1n) is 9.98. The number of rotatable bonds is 13. The number of carboxylic acid groups (broad SMARTS) is 1. The van der Waals surface area contributed by atoms with E-state index >= 15 is 0 Å². The third-order valence-electron chi connectivity index (χ3n) is 4.44. The molecule has 1 saturated heterocycles. The fraction of sp³-hybridized carbons (Fsp3) is 0.591. The van der Waals surface area contributed by atoms with E-state index < -0.39 is 30.4 Å². The molecule has 0 unspecified atom stereocenters. The van der Waals surface area contributed by atoms with Crippen LogP contribution in [0.2, 0.25) is 0 Å². The van der Waals surface area contributed by atoms with Crippen LogP contribution in [-0.4, -0.2) is 56.9 Å². The minimum atomic E-state index is -0.901. The highest BCUT2D eigenvalue weighted by Crippen LogP contribution is 2.26. The van der Waals surface area contributed by atoms with Crippen LogP contribution in [0.4, 0.5) is 0 Å². The van der Waals surface area contributed by atoms with E-state index in [9.17, 15) is 20.1 Å². The molecule has 0 amide bonds. The molecule has 4 N–H and O–H groups in total. The highest BCUT2D eigenvalue weighted by molar-refractivity contribution is 5.66. The Morgan fingerprint density at radius 3 is 2.57 bits per heavy atom. The predicted octanol–water partition coefficient (Wildman–Crippen LogP) is 2.90. The van der Waals surface area contributed by atoms with E-state index in [1.165, 1.54) is 12.2 Å².